The van der Waals surface area contributed by atoms with E-state index in [4.69, 9.17) is 0 Å². The topological polar surface area (TPSA) is 3.24 Å². The summed E-state index contributed by atoms with van der Waals surface area (Å²) in [6.45, 7) is 9.49. The van der Waals surface area contributed by atoms with E-state index in [0.717, 1.165) is 17.1 Å². The van der Waals surface area contributed by atoms with Crippen LogP contribution in [-0.4, -0.2) is 0 Å². The Labute approximate surface area is 370 Å². The molecule has 1 heteroatoms. The van der Waals surface area contributed by atoms with E-state index in [1.807, 2.05) is 0 Å². The van der Waals surface area contributed by atoms with Gasteiger partial charge in [0, 0.05) is 27.9 Å². The lowest BCUT2D eigenvalue weighted by Crippen LogP contribution is -2.16. The average Bonchev–Trinajstić information content (AvgIpc) is 3.71. The fourth-order valence-corrected chi connectivity index (χ4v) is 11.2. The van der Waals surface area contributed by atoms with Gasteiger partial charge in [0.25, 0.3) is 0 Å². The fraction of sp³-hybridized carbons (Fsp3) is 0.0968. The summed E-state index contributed by atoms with van der Waals surface area (Å²) >= 11 is 0. The van der Waals surface area contributed by atoms with Crippen LogP contribution in [0.3, 0.4) is 0 Å². The first-order valence-corrected chi connectivity index (χ1v) is 22.3. The minimum Gasteiger partial charge on any atom is -0.310 e. The lowest BCUT2D eigenvalue weighted by Gasteiger charge is -2.29. The predicted molar refractivity (Wildman–Crippen MR) is 268 cm³/mol. The molecule has 0 atom stereocenters. The Kier molecular flexibility index (Phi) is 8.30. The van der Waals surface area contributed by atoms with Crippen LogP contribution in [0.1, 0.15) is 49.9 Å². The molecule has 0 unspecified atom stereocenters. The molecule has 0 N–H and O–H groups in total. The van der Waals surface area contributed by atoms with Crippen molar-refractivity contribution in [3.63, 3.8) is 0 Å². The van der Waals surface area contributed by atoms with Gasteiger partial charge >= 0.3 is 0 Å². The van der Waals surface area contributed by atoms with Crippen molar-refractivity contribution < 1.29 is 0 Å². The molecule has 0 spiro atoms. The van der Waals surface area contributed by atoms with Crippen molar-refractivity contribution in [1.29, 1.82) is 0 Å². The van der Waals surface area contributed by atoms with Crippen molar-refractivity contribution in [2.45, 2.75) is 38.5 Å². The lowest BCUT2D eigenvalue weighted by atomic mass is 9.78. The summed E-state index contributed by atoms with van der Waals surface area (Å²) in [5, 5.41) is 5.08. The van der Waals surface area contributed by atoms with E-state index in [2.05, 4.69) is 245 Å². The third kappa shape index (κ3) is 5.69. The molecule has 0 bridgehead atoms. The first-order valence-electron chi connectivity index (χ1n) is 22.3. The van der Waals surface area contributed by atoms with Crippen LogP contribution in [0.25, 0.3) is 77.2 Å². The van der Waals surface area contributed by atoms with Crippen molar-refractivity contribution in [1.82, 2.24) is 0 Å². The average molecular weight is 806 g/mol. The Morgan fingerprint density at radius 2 is 0.825 bits per heavy atom. The van der Waals surface area contributed by atoms with E-state index >= 15 is 0 Å². The smallest absolute Gasteiger partial charge is 0.0467 e. The number of nitrogens with zero attached hydrogens (tertiary/aromatic N) is 1. The highest BCUT2D eigenvalue weighted by atomic mass is 15.1. The number of hydrogen-bond donors (Lipinski definition) is 0. The van der Waals surface area contributed by atoms with Crippen LogP contribution in [0.2, 0.25) is 0 Å². The van der Waals surface area contributed by atoms with Crippen molar-refractivity contribution in [3.05, 3.63) is 235 Å². The molecule has 2 aliphatic rings. The van der Waals surface area contributed by atoms with Gasteiger partial charge in [-0.15, -0.1) is 0 Å². The van der Waals surface area contributed by atoms with Gasteiger partial charge in [0.2, 0.25) is 0 Å². The second-order valence-corrected chi connectivity index (χ2v) is 18.5. The summed E-state index contributed by atoms with van der Waals surface area (Å²) in [4.78, 5) is 2.45. The number of hydrogen-bond acceptors (Lipinski definition) is 1. The van der Waals surface area contributed by atoms with E-state index in [1.165, 1.54) is 99.4 Å². The van der Waals surface area contributed by atoms with Gasteiger partial charge in [0.05, 0.1) is 0 Å². The Hall–Kier alpha value is -7.48. The Balaban J connectivity index is 0.995. The quantitative estimate of drug-likeness (QED) is 0.151. The van der Waals surface area contributed by atoms with E-state index < -0.39 is 0 Å². The molecule has 0 radical (unpaired) electrons. The van der Waals surface area contributed by atoms with Crippen LogP contribution in [0, 0.1) is 0 Å². The van der Waals surface area contributed by atoms with Crippen LogP contribution in [0.5, 0.6) is 0 Å². The maximum absolute atomic E-state index is 2.45. The molecule has 0 aliphatic heterocycles. The first kappa shape index (κ1) is 37.3. The molecule has 10 aromatic rings. The van der Waals surface area contributed by atoms with Crippen molar-refractivity contribution in [2.75, 3.05) is 4.90 Å². The van der Waals surface area contributed by atoms with Gasteiger partial charge in [0.15, 0.2) is 0 Å². The maximum Gasteiger partial charge on any atom is 0.0467 e. The molecule has 10 aromatic carbocycles. The van der Waals surface area contributed by atoms with Gasteiger partial charge in [-0.3, -0.25) is 0 Å². The molecule has 12 rings (SSSR count). The highest BCUT2D eigenvalue weighted by molar-refractivity contribution is 6.12. The number of benzene rings is 10. The molecule has 0 aromatic heterocycles. The lowest BCUT2D eigenvalue weighted by molar-refractivity contribution is 0.660. The number of fused-ring (bicyclic) bond motifs is 9. The minimum atomic E-state index is -0.123. The van der Waals surface area contributed by atoms with E-state index in [0.29, 0.717) is 0 Å². The zero-order chi connectivity index (χ0) is 42.5. The summed E-state index contributed by atoms with van der Waals surface area (Å²) in [7, 11) is 0. The third-order valence-corrected chi connectivity index (χ3v) is 14.3. The summed E-state index contributed by atoms with van der Waals surface area (Å²) in [6.07, 6.45) is 0. The van der Waals surface area contributed by atoms with Crippen LogP contribution < -0.4 is 4.90 Å². The van der Waals surface area contributed by atoms with Crippen LogP contribution in [0.4, 0.5) is 17.1 Å². The van der Waals surface area contributed by atoms with Crippen molar-refractivity contribution in [3.8, 4) is 55.6 Å². The first-order chi connectivity index (χ1) is 30.8. The molecule has 0 amide bonds. The van der Waals surface area contributed by atoms with Gasteiger partial charge in [-0.1, -0.05) is 204 Å². The molecule has 0 heterocycles. The summed E-state index contributed by atoms with van der Waals surface area (Å²) in [6, 6.07) is 79.0. The second-order valence-electron chi connectivity index (χ2n) is 18.5. The van der Waals surface area contributed by atoms with E-state index in [-0.39, 0.29) is 10.8 Å². The second kappa shape index (κ2) is 14.0. The molecule has 1 nitrogen and oxygen atoms in total. The van der Waals surface area contributed by atoms with Crippen molar-refractivity contribution in [2.24, 2.45) is 0 Å². The van der Waals surface area contributed by atoms with E-state index in [9.17, 15) is 0 Å². The minimum absolute atomic E-state index is 0.111. The molecule has 0 fully saturated rings. The summed E-state index contributed by atoms with van der Waals surface area (Å²) in [5.74, 6) is 0. The zero-order valence-corrected chi connectivity index (χ0v) is 36.2. The van der Waals surface area contributed by atoms with Crippen LogP contribution in [-0.2, 0) is 10.8 Å². The highest BCUT2D eigenvalue weighted by Gasteiger charge is 2.38. The van der Waals surface area contributed by atoms with Crippen LogP contribution >= 0.6 is 0 Å². The number of rotatable bonds is 6. The maximum atomic E-state index is 2.45. The highest BCUT2D eigenvalue weighted by Crippen LogP contribution is 2.54. The Morgan fingerprint density at radius 3 is 1.62 bits per heavy atom. The number of anilines is 3. The van der Waals surface area contributed by atoms with Gasteiger partial charge in [-0.05, 0) is 136 Å². The van der Waals surface area contributed by atoms with E-state index in [1.54, 1.807) is 0 Å². The summed E-state index contributed by atoms with van der Waals surface area (Å²) < 4.78 is 0. The van der Waals surface area contributed by atoms with Gasteiger partial charge in [-0.2, -0.15) is 0 Å². The summed E-state index contributed by atoms with van der Waals surface area (Å²) in [5.41, 5.74) is 21.4. The molecular formula is C62H47N. The Bertz CT molecular complexity index is 3460. The SMILES string of the molecule is CC1(C)c2ccccc2-c2ccc(N(c3ccc(-c4ccccc4-c4cccc5c4C(C)(C)c4ccccc4-5)cc3)c3cccc(-c4cccc5c4ccc4ccccc45)c3)cc21. The fourth-order valence-electron chi connectivity index (χ4n) is 11.2. The molecule has 0 saturated carbocycles. The predicted octanol–water partition coefficient (Wildman–Crippen LogP) is 17.1. The Morgan fingerprint density at radius 1 is 0.286 bits per heavy atom. The normalized spacial score (nSPS) is 14.0. The molecule has 2 aliphatic carbocycles. The largest absolute Gasteiger partial charge is 0.310 e. The molecular weight excluding hydrogens is 759 g/mol. The van der Waals surface area contributed by atoms with Crippen LogP contribution in [0.15, 0.2) is 212 Å². The van der Waals surface area contributed by atoms with Gasteiger partial charge in [0.1, 0.15) is 0 Å². The third-order valence-electron chi connectivity index (χ3n) is 14.3. The molecule has 300 valence electrons. The molecule has 63 heavy (non-hydrogen) atoms. The zero-order valence-electron chi connectivity index (χ0n) is 36.2. The molecule has 0 saturated heterocycles. The van der Waals surface area contributed by atoms with Crippen molar-refractivity contribution >= 4 is 38.6 Å². The van der Waals surface area contributed by atoms with Gasteiger partial charge in [-0.25, -0.2) is 0 Å². The van der Waals surface area contributed by atoms with Gasteiger partial charge < -0.3 is 4.90 Å². The standard InChI is InChI=1S/C62H47N/c1-61(2)57-28-11-9-22-52(57)54-37-35-45(39-59(54)61)63(44-18-13-17-42(38-44)48-24-14-25-49-46-19-6-5-16-40(46)32-36-51(48)49)43-33-30-41(31-34-43)47-20-7-8-21-50(47)55-26-15-27-56-53-23-10-12-29-58(53)62(3,4)60(55)56/h5-39H,1-4H3. The monoisotopic (exact) mass is 805 g/mol.